The maximum atomic E-state index is 5.53. The van der Waals surface area contributed by atoms with E-state index in [0.29, 0.717) is 12.5 Å². The lowest BCUT2D eigenvalue weighted by Gasteiger charge is -2.14. The molecule has 0 aliphatic rings. The molecule has 0 aliphatic heterocycles. The fourth-order valence-corrected chi connectivity index (χ4v) is 2.15. The summed E-state index contributed by atoms with van der Waals surface area (Å²) in [5.74, 6) is 1.22. The molecule has 0 spiro atoms. The van der Waals surface area contributed by atoms with Crippen LogP contribution in [0.3, 0.4) is 0 Å². The Morgan fingerprint density at radius 2 is 1.95 bits per heavy atom. The Morgan fingerprint density at radius 3 is 2.70 bits per heavy atom. The third-order valence-corrected chi connectivity index (χ3v) is 3.27. The zero-order chi connectivity index (χ0) is 14.2. The van der Waals surface area contributed by atoms with Crippen molar-refractivity contribution in [3.8, 4) is 5.88 Å². The Kier molecular flexibility index (Phi) is 5.56. The minimum atomic E-state index is 0.489. The Labute approximate surface area is 121 Å². The van der Waals surface area contributed by atoms with Crippen LogP contribution in [0.4, 0.5) is 0 Å². The molecule has 0 saturated carbocycles. The van der Waals surface area contributed by atoms with Crippen LogP contribution in [-0.2, 0) is 6.54 Å². The number of pyridine rings is 1. The lowest BCUT2D eigenvalue weighted by atomic mass is 10.0. The molecule has 20 heavy (non-hydrogen) atoms. The topological polar surface area (TPSA) is 34.1 Å². The van der Waals surface area contributed by atoms with Crippen LogP contribution < -0.4 is 10.1 Å². The van der Waals surface area contributed by atoms with E-state index in [2.05, 4.69) is 47.6 Å². The first-order chi connectivity index (χ1) is 9.81. The Morgan fingerprint density at radius 1 is 1.15 bits per heavy atom. The number of hydrogen-bond acceptors (Lipinski definition) is 3. The Bertz CT molecular complexity index is 513. The molecule has 1 aromatic heterocycles. The molecule has 1 atom stereocenters. The van der Waals surface area contributed by atoms with E-state index in [1.165, 1.54) is 5.56 Å². The molecule has 0 aliphatic carbocycles. The van der Waals surface area contributed by atoms with Gasteiger partial charge in [-0.25, -0.2) is 4.98 Å². The monoisotopic (exact) mass is 270 g/mol. The van der Waals surface area contributed by atoms with Gasteiger partial charge in [0.25, 0.3) is 0 Å². The largest absolute Gasteiger partial charge is 0.478 e. The summed E-state index contributed by atoms with van der Waals surface area (Å²) in [4.78, 5) is 4.26. The van der Waals surface area contributed by atoms with Crippen molar-refractivity contribution in [1.29, 1.82) is 0 Å². The van der Waals surface area contributed by atoms with Gasteiger partial charge in [0, 0.05) is 24.8 Å². The van der Waals surface area contributed by atoms with Crippen molar-refractivity contribution < 1.29 is 4.74 Å². The molecule has 1 aromatic carbocycles. The number of benzene rings is 1. The van der Waals surface area contributed by atoms with Gasteiger partial charge in [0.2, 0.25) is 5.88 Å². The van der Waals surface area contributed by atoms with Gasteiger partial charge in [-0.2, -0.15) is 0 Å². The van der Waals surface area contributed by atoms with E-state index >= 15 is 0 Å². The van der Waals surface area contributed by atoms with E-state index in [-0.39, 0.29) is 0 Å². The van der Waals surface area contributed by atoms with E-state index in [9.17, 15) is 0 Å². The van der Waals surface area contributed by atoms with Gasteiger partial charge in [-0.05, 0) is 24.5 Å². The van der Waals surface area contributed by atoms with Gasteiger partial charge in [0.15, 0.2) is 0 Å². The van der Waals surface area contributed by atoms with Crippen molar-refractivity contribution in [2.24, 2.45) is 0 Å². The van der Waals surface area contributed by atoms with Crippen LogP contribution in [0, 0.1) is 0 Å². The van der Waals surface area contributed by atoms with Crippen molar-refractivity contribution in [2.75, 3.05) is 13.2 Å². The second-order valence-corrected chi connectivity index (χ2v) is 4.84. The molecule has 1 heterocycles. The molecule has 0 amide bonds. The summed E-state index contributed by atoms with van der Waals surface area (Å²) >= 11 is 0. The second kappa shape index (κ2) is 7.65. The summed E-state index contributed by atoms with van der Waals surface area (Å²) in [6.45, 7) is 6.56. The van der Waals surface area contributed by atoms with E-state index in [1.807, 2.05) is 19.1 Å². The van der Waals surface area contributed by atoms with E-state index < -0.39 is 0 Å². The zero-order valence-corrected chi connectivity index (χ0v) is 12.2. The normalized spacial score (nSPS) is 12.1. The predicted molar refractivity (Wildman–Crippen MR) is 82.0 cm³/mol. The molecular weight excluding hydrogens is 248 g/mol. The fourth-order valence-electron chi connectivity index (χ4n) is 2.15. The van der Waals surface area contributed by atoms with Crippen LogP contribution in [0.15, 0.2) is 48.7 Å². The van der Waals surface area contributed by atoms with Crippen molar-refractivity contribution in [3.63, 3.8) is 0 Å². The third-order valence-electron chi connectivity index (χ3n) is 3.27. The van der Waals surface area contributed by atoms with E-state index in [0.717, 1.165) is 24.5 Å². The molecule has 0 fully saturated rings. The first-order valence-corrected chi connectivity index (χ1v) is 7.13. The van der Waals surface area contributed by atoms with Crippen molar-refractivity contribution in [3.05, 3.63) is 59.8 Å². The van der Waals surface area contributed by atoms with Gasteiger partial charge < -0.3 is 10.1 Å². The molecule has 2 aromatic rings. The third kappa shape index (κ3) is 4.07. The fraction of sp³-hybridized carbons (Fsp3) is 0.353. The number of nitrogens with zero attached hydrogens (tertiary/aromatic N) is 1. The summed E-state index contributed by atoms with van der Waals surface area (Å²) in [6, 6.07) is 14.6. The van der Waals surface area contributed by atoms with Crippen molar-refractivity contribution in [1.82, 2.24) is 10.3 Å². The average Bonchev–Trinajstić information content (AvgIpc) is 2.50. The predicted octanol–water partition coefficient (Wildman–Crippen LogP) is 3.37. The summed E-state index contributed by atoms with van der Waals surface area (Å²) < 4.78 is 5.53. The molecule has 0 saturated heterocycles. The lowest BCUT2D eigenvalue weighted by Crippen LogP contribution is -2.20. The van der Waals surface area contributed by atoms with Crippen LogP contribution in [0.2, 0.25) is 0 Å². The smallest absolute Gasteiger partial charge is 0.217 e. The number of ether oxygens (including phenoxy) is 1. The van der Waals surface area contributed by atoms with Crippen LogP contribution >= 0.6 is 0 Å². The Hall–Kier alpha value is -1.87. The molecule has 1 N–H and O–H groups in total. The molecule has 3 nitrogen and oxygen atoms in total. The molecular formula is C17H22N2O. The van der Waals surface area contributed by atoms with Gasteiger partial charge >= 0.3 is 0 Å². The molecule has 0 bridgehead atoms. The van der Waals surface area contributed by atoms with Crippen molar-refractivity contribution >= 4 is 0 Å². The average molecular weight is 270 g/mol. The van der Waals surface area contributed by atoms with Crippen LogP contribution in [0.25, 0.3) is 0 Å². The van der Waals surface area contributed by atoms with Gasteiger partial charge in [0.1, 0.15) is 0 Å². The number of nitrogens with one attached hydrogen (secondary N) is 1. The van der Waals surface area contributed by atoms with Gasteiger partial charge in [-0.1, -0.05) is 43.3 Å². The van der Waals surface area contributed by atoms with Crippen molar-refractivity contribution in [2.45, 2.75) is 26.3 Å². The minimum absolute atomic E-state index is 0.489. The highest BCUT2D eigenvalue weighted by atomic mass is 16.5. The quantitative estimate of drug-likeness (QED) is 0.837. The summed E-state index contributed by atoms with van der Waals surface area (Å²) in [5.41, 5.74) is 2.46. The maximum Gasteiger partial charge on any atom is 0.217 e. The van der Waals surface area contributed by atoms with Gasteiger partial charge in [0.05, 0.1) is 6.61 Å². The highest BCUT2D eigenvalue weighted by molar-refractivity contribution is 5.25. The van der Waals surface area contributed by atoms with E-state index in [4.69, 9.17) is 4.74 Å². The minimum Gasteiger partial charge on any atom is -0.478 e. The van der Waals surface area contributed by atoms with E-state index in [1.54, 1.807) is 6.20 Å². The van der Waals surface area contributed by atoms with Crippen LogP contribution in [0.1, 0.15) is 30.9 Å². The number of aromatic nitrogens is 1. The maximum absolute atomic E-state index is 5.53. The summed E-state index contributed by atoms with van der Waals surface area (Å²) in [7, 11) is 0. The molecule has 106 valence electrons. The first kappa shape index (κ1) is 14.5. The van der Waals surface area contributed by atoms with Crippen LogP contribution in [0.5, 0.6) is 5.88 Å². The second-order valence-electron chi connectivity index (χ2n) is 4.84. The summed E-state index contributed by atoms with van der Waals surface area (Å²) in [6.07, 6.45) is 1.76. The number of rotatable bonds is 7. The number of hydrogen-bond donors (Lipinski definition) is 1. The first-order valence-electron chi connectivity index (χ1n) is 7.13. The SMILES string of the molecule is CCOc1ncccc1CNCC(C)c1ccccc1. The molecule has 0 radical (unpaired) electrons. The van der Waals surface area contributed by atoms with Gasteiger partial charge in [-0.3, -0.25) is 0 Å². The van der Waals surface area contributed by atoms with Crippen LogP contribution in [-0.4, -0.2) is 18.1 Å². The highest BCUT2D eigenvalue weighted by Crippen LogP contribution is 2.16. The Balaban J connectivity index is 1.87. The van der Waals surface area contributed by atoms with Gasteiger partial charge in [-0.15, -0.1) is 0 Å². The molecule has 3 heteroatoms. The lowest BCUT2D eigenvalue weighted by molar-refractivity contribution is 0.321. The molecule has 1 unspecified atom stereocenters. The summed E-state index contributed by atoms with van der Waals surface area (Å²) in [5, 5.41) is 3.48. The highest BCUT2D eigenvalue weighted by Gasteiger charge is 2.06. The zero-order valence-electron chi connectivity index (χ0n) is 12.2. The molecule has 2 rings (SSSR count). The standard InChI is InChI=1S/C17H22N2O/c1-3-20-17-16(10-7-11-19-17)13-18-12-14(2)15-8-5-4-6-9-15/h4-11,14,18H,3,12-13H2,1-2H3.